The lowest BCUT2D eigenvalue weighted by molar-refractivity contribution is -0.146. The zero-order valence-corrected chi connectivity index (χ0v) is 10.3. The van der Waals surface area contributed by atoms with E-state index in [1.807, 2.05) is 18.3 Å². The van der Waals surface area contributed by atoms with Gasteiger partial charge in [-0.05, 0) is 32.0 Å². The Morgan fingerprint density at radius 1 is 1.44 bits per heavy atom. The summed E-state index contributed by atoms with van der Waals surface area (Å²) in [4.78, 5) is 22.6. The molecule has 5 nitrogen and oxygen atoms in total. The number of aliphatic carboxylic acids is 1. The van der Waals surface area contributed by atoms with Crippen molar-refractivity contribution in [1.29, 1.82) is 0 Å². The van der Waals surface area contributed by atoms with Gasteiger partial charge in [-0.15, -0.1) is 0 Å². The van der Waals surface area contributed by atoms with Crippen LogP contribution >= 0.6 is 0 Å². The Kier molecular flexibility index (Phi) is 3.14. The van der Waals surface area contributed by atoms with Crippen LogP contribution in [0.2, 0.25) is 0 Å². The second-order valence-corrected chi connectivity index (χ2v) is 4.81. The zero-order chi connectivity index (χ0) is 13.2. The van der Waals surface area contributed by atoms with Crippen molar-refractivity contribution in [3.63, 3.8) is 0 Å². The second-order valence-electron chi connectivity index (χ2n) is 4.81. The molecule has 0 unspecified atom stereocenters. The summed E-state index contributed by atoms with van der Waals surface area (Å²) in [6, 6.07) is 5.59. The van der Waals surface area contributed by atoms with Gasteiger partial charge in [0.1, 0.15) is 5.82 Å². The van der Waals surface area contributed by atoms with Gasteiger partial charge in [0.25, 0.3) is 0 Å². The lowest BCUT2D eigenvalue weighted by Crippen LogP contribution is -2.27. The fourth-order valence-corrected chi connectivity index (χ4v) is 1.59. The van der Waals surface area contributed by atoms with Gasteiger partial charge in [0, 0.05) is 18.8 Å². The Balaban J connectivity index is 2.26. The molecule has 0 spiro atoms. The second kappa shape index (κ2) is 4.60. The number of nitrogens with zero attached hydrogens (tertiary/aromatic N) is 2. The zero-order valence-electron chi connectivity index (χ0n) is 10.3. The molecular weight excluding hydrogens is 230 g/mol. The van der Waals surface area contributed by atoms with Crippen molar-refractivity contribution >= 4 is 5.97 Å². The monoisotopic (exact) mass is 245 g/mol. The van der Waals surface area contributed by atoms with Crippen molar-refractivity contribution in [3.8, 4) is 11.4 Å². The summed E-state index contributed by atoms with van der Waals surface area (Å²) < 4.78 is 0. The van der Waals surface area contributed by atoms with E-state index in [-0.39, 0.29) is 0 Å². The molecule has 2 N–H and O–H groups in total. The van der Waals surface area contributed by atoms with E-state index in [2.05, 4.69) is 15.0 Å². The van der Waals surface area contributed by atoms with Crippen LogP contribution in [0.5, 0.6) is 0 Å². The van der Waals surface area contributed by atoms with Crippen LogP contribution in [0.1, 0.15) is 19.7 Å². The molecule has 0 atom stereocenters. The number of aromatic amines is 1. The first-order valence-electron chi connectivity index (χ1n) is 5.68. The van der Waals surface area contributed by atoms with Crippen molar-refractivity contribution in [2.24, 2.45) is 5.41 Å². The highest BCUT2D eigenvalue weighted by molar-refractivity contribution is 5.73. The molecule has 0 saturated heterocycles. The molecule has 0 aliphatic rings. The van der Waals surface area contributed by atoms with Crippen molar-refractivity contribution in [2.75, 3.05) is 0 Å². The lowest BCUT2D eigenvalue weighted by Gasteiger charge is -2.17. The van der Waals surface area contributed by atoms with Crippen LogP contribution < -0.4 is 0 Å². The minimum Gasteiger partial charge on any atom is -0.481 e. The van der Waals surface area contributed by atoms with E-state index in [0.29, 0.717) is 12.2 Å². The molecule has 0 aliphatic carbocycles. The number of aromatic nitrogens is 3. The molecule has 0 saturated carbocycles. The van der Waals surface area contributed by atoms with Crippen LogP contribution in [0.4, 0.5) is 0 Å². The van der Waals surface area contributed by atoms with Gasteiger partial charge in [0.15, 0.2) is 0 Å². The Bertz CT molecular complexity index is 547. The summed E-state index contributed by atoms with van der Waals surface area (Å²) in [5.74, 6) is -0.314. The van der Waals surface area contributed by atoms with Gasteiger partial charge in [-0.25, -0.2) is 9.97 Å². The molecule has 2 rings (SSSR count). The van der Waals surface area contributed by atoms with Gasteiger partial charge < -0.3 is 10.1 Å². The number of carboxylic acid groups (broad SMARTS) is 1. The Morgan fingerprint density at radius 3 is 2.83 bits per heavy atom. The molecule has 0 amide bonds. The maximum atomic E-state index is 11.1. The van der Waals surface area contributed by atoms with Gasteiger partial charge in [-0.3, -0.25) is 4.79 Å². The lowest BCUT2D eigenvalue weighted by atomic mass is 9.89. The average molecular weight is 245 g/mol. The first-order valence-corrected chi connectivity index (χ1v) is 5.68. The van der Waals surface area contributed by atoms with Gasteiger partial charge in [0.2, 0.25) is 0 Å². The molecule has 2 heterocycles. The van der Waals surface area contributed by atoms with Crippen molar-refractivity contribution in [2.45, 2.75) is 20.3 Å². The molecule has 0 fully saturated rings. The number of rotatable bonds is 4. The molecule has 0 aliphatic heterocycles. The Labute approximate surface area is 105 Å². The predicted molar refractivity (Wildman–Crippen MR) is 66.9 cm³/mol. The van der Waals surface area contributed by atoms with E-state index >= 15 is 0 Å². The molecule has 94 valence electrons. The molecule has 0 radical (unpaired) electrons. The minimum absolute atomic E-state index is 0.302. The number of H-pyrrole nitrogens is 1. The normalized spacial score (nSPS) is 11.4. The van der Waals surface area contributed by atoms with E-state index in [0.717, 1.165) is 11.4 Å². The fraction of sp³-hybridized carbons (Fsp3) is 0.308. The Hall–Kier alpha value is -2.17. The minimum atomic E-state index is -0.867. The van der Waals surface area contributed by atoms with E-state index in [1.165, 1.54) is 0 Å². The highest BCUT2D eigenvalue weighted by atomic mass is 16.4. The molecule has 2 aromatic rings. The molecule has 18 heavy (non-hydrogen) atoms. The van der Waals surface area contributed by atoms with Crippen LogP contribution in [0.3, 0.4) is 0 Å². The summed E-state index contributed by atoms with van der Waals surface area (Å²) in [7, 11) is 0. The van der Waals surface area contributed by atoms with E-state index in [4.69, 9.17) is 5.11 Å². The molecule has 0 bridgehead atoms. The smallest absolute Gasteiger partial charge is 0.309 e. The molecular formula is C13H15N3O2. The number of nitrogens with one attached hydrogen (secondary N) is 1. The largest absolute Gasteiger partial charge is 0.481 e. The van der Waals surface area contributed by atoms with Crippen LogP contribution in [-0.4, -0.2) is 26.0 Å². The van der Waals surface area contributed by atoms with E-state index in [1.54, 1.807) is 26.1 Å². The third kappa shape index (κ3) is 2.56. The first-order chi connectivity index (χ1) is 8.49. The topological polar surface area (TPSA) is 78.9 Å². The van der Waals surface area contributed by atoms with Gasteiger partial charge >= 0.3 is 5.97 Å². The summed E-state index contributed by atoms with van der Waals surface area (Å²) in [5.41, 5.74) is 0.798. The van der Waals surface area contributed by atoms with Crippen molar-refractivity contribution < 1.29 is 9.90 Å². The quantitative estimate of drug-likeness (QED) is 0.864. The summed E-state index contributed by atoms with van der Waals surface area (Å²) in [6.07, 6.45) is 3.77. The van der Waals surface area contributed by atoms with Crippen LogP contribution in [0.25, 0.3) is 11.4 Å². The summed E-state index contributed by atoms with van der Waals surface area (Å²) >= 11 is 0. The molecule has 0 aromatic carbocycles. The van der Waals surface area contributed by atoms with Crippen molar-refractivity contribution in [1.82, 2.24) is 15.0 Å². The maximum Gasteiger partial charge on any atom is 0.309 e. The van der Waals surface area contributed by atoms with E-state index in [9.17, 15) is 4.79 Å². The number of carbonyl (C=O) groups is 1. The SMILES string of the molecule is CC(C)(Cc1nccc(-c2ccc[nH]2)n1)C(=O)O. The number of hydrogen-bond acceptors (Lipinski definition) is 3. The summed E-state index contributed by atoms with van der Waals surface area (Å²) in [5, 5.41) is 9.09. The predicted octanol–water partition coefficient (Wildman–Crippen LogP) is 2.12. The third-order valence-electron chi connectivity index (χ3n) is 2.76. The van der Waals surface area contributed by atoms with Crippen LogP contribution in [0, 0.1) is 5.41 Å². The summed E-state index contributed by atoms with van der Waals surface area (Å²) in [6.45, 7) is 3.33. The molecule has 2 aromatic heterocycles. The third-order valence-corrected chi connectivity index (χ3v) is 2.76. The van der Waals surface area contributed by atoms with Crippen LogP contribution in [0.15, 0.2) is 30.6 Å². The average Bonchev–Trinajstić information content (AvgIpc) is 2.82. The van der Waals surface area contributed by atoms with Gasteiger partial charge in [-0.2, -0.15) is 0 Å². The van der Waals surface area contributed by atoms with Crippen LogP contribution in [-0.2, 0) is 11.2 Å². The van der Waals surface area contributed by atoms with Gasteiger partial charge in [-0.1, -0.05) is 0 Å². The number of carboxylic acids is 1. The Morgan fingerprint density at radius 2 is 2.22 bits per heavy atom. The van der Waals surface area contributed by atoms with Crippen molar-refractivity contribution in [3.05, 3.63) is 36.4 Å². The maximum absolute atomic E-state index is 11.1. The van der Waals surface area contributed by atoms with E-state index < -0.39 is 11.4 Å². The molecule has 5 heteroatoms. The number of hydrogen-bond donors (Lipinski definition) is 2. The highest BCUT2D eigenvalue weighted by Gasteiger charge is 2.28. The standard InChI is InChI=1S/C13H15N3O2/c1-13(2,12(17)18)8-11-15-7-5-10(16-11)9-4-3-6-14-9/h3-7,14H,8H2,1-2H3,(H,17,18). The van der Waals surface area contributed by atoms with Gasteiger partial charge in [0.05, 0.1) is 16.8 Å². The highest BCUT2D eigenvalue weighted by Crippen LogP contribution is 2.21. The fourth-order valence-electron chi connectivity index (χ4n) is 1.59. The first kappa shape index (κ1) is 12.3.